The van der Waals surface area contributed by atoms with Gasteiger partial charge in [0.2, 0.25) is 0 Å². The summed E-state index contributed by atoms with van der Waals surface area (Å²) < 4.78 is 0. The molecule has 0 saturated carbocycles. The van der Waals surface area contributed by atoms with Crippen molar-refractivity contribution in [2.75, 3.05) is 17.2 Å². The largest absolute Gasteiger partial charge is 0.399 e. The Morgan fingerprint density at radius 2 is 2.00 bits per heavy atom. The fourth-order valence-electron chi connectivity index (χ4n) is 3.13. The second-order valence-electron chi connectivity index (χ2n) is 5.55. The van der Waals surface area contributed by atoms with Crippen LogP contribution in [0.1, 0.15) is 11.1 Å². The molecule has 2 aromatic carbocycles. The van der Waals surface area contributed by atoms with Gasteiger partial charge in [-0.25, -0.2) is 0 Å². The quantitative estimate of drug-likeness (QED) is 0.729. The molecule has 0 amide bonds. The second-order valence-corrected chi connectivity index (χ2v) is 5.55. The van der Waals surface area contributed by atoms with E-state index in [0.717, 1.165) is 30.7 Å². The van der Waals surface area contributed by atoms with Crippen LogP contribution in [0.4, 0.5) is 11.4 Å². The number of nitrogens with two attached hydrogens (primary N) is 1. The Bertz CT molecular complexity index is 805. The van der Waals surface area contributed by atoms with E-state index in [1.165, 1.54) is 22.2 Å². The minimum Gasteiger partial charge on any atom is -0.399 e. The Kier molecular flexibility index (Phi) is 2.78. The molecule has 1 aliphatic heterocycles. The van der Waals surface area contributed by atoms with Gasteiger partial charge in [0, 0.05) is 36.0 Å². The first-order chi connectivity index (χ1) is 10.3. The summed E-state index contributed by atoms with van der Waals surface area (Å²) in [6.07, 6.45) is 2.99. The lowest BCUT2D eigenvalue weighted by molar-refractivity contribution is 0.840. The van der Waals surface area contributed by atoms with Crippen LogP contribution in [0.5, 0.6) is 0 Å². The number of fused-ring (bicyclic) bond motifs is 2. The minimum atomic E-state index is 0.834. The summed E-state index contributed by atoms with van der Waals surface area (Å²) in [5, 5.41) is 1.23. The van der Waals surface area contributed by atoms with Crippen molar-refractivity contribution in [2.24, 2.45) is 0 Å². The van der Waals surface area contributed by atoms with Crippen LogP contribution in [-0.2, 0) is 13.0 Å². The molecular formula is C18H17N3. The van der Waals surface area contributed by atoms with Crippen molar-refractivity contribution < 1.29 is 0 Å². The van der Waals surface area contributed by atoms with Crippen LogP contribution in [0.3, 0.4) is 0 Å². The smallest absolute Gasteiger partial charge is 0.0705 e. The Morgan fingerprint density at radius 3 is 2.95 bits per heavy atom. The van der Waals surface area contributed by atoms with E-state index < -0.39 is 0 Å². The van der Waals surface area contributed by atoms with E-state index in [0.29, 0.717) is 0 Å². The van der Waals surface area contributed by atoms with Crippen LogP contribution in [0.2, 0.25) is 0 Å². The van der Waals surface area contributed by atoms with Crippen LogP contribution < -0.4 is 10.6 Å². The average Bonchev–Trinajstić information content (AvgIpc) is 2.90. The number of hydrogen-bond donors (Lipinski definition) is 1. The van der Waals surface area contributed by atoms with Crippen molar-refractivity contribution in [1.82, 2.24) is 4.98 Å². The van der Waals surface area contributed by atoms with Gasteiger partial charge in [0.05, 0.1) is 5.52 Å². The summed E-state index contributed by atoms with van der Waals surface area (Å²) in [7, 11) is 0. The van der Waals surface area contributed by atoms with Crippen LogP contribution in [0.25, 0.3) is 10.9 Å². The molecule has 2 heterocycles. The Labute approximate surface area is 124 Å². The Hall–Kier alpha value is -2.55. The molecule has 0 radical (unpaired) electrons. The van der Waals surface area contributed by atoms with E-state index in [4.69, 9.17) is 5.73 Å². The van der Waals surface area contributed by atoms with Crippen molar-refractivity contribution >= 4 is 22.3 Å². The van der Waals surface area contributed by atoms with Gasteiger partial charge in [-0.1, -0.05) is 24.3 Å². The summed E-state index contributed by atoms with van der Waals surface area (Å²) in [6, 6.07) is 16.7. The molecule has 104 valence electrons. The number of nitrogens with zero attached hydrogens (tertiary/aromatic N) is 2. The third-order valence-electron chi connectivity index (χ3n) is 4.20. The minimum absolute atomic E-state index is 0.834. The molecule has 4 rings (SSSR count). The molecule has 1 aromatic heterocycles. The third kappa shape index (κ3) is 2.11. The van der Waals surface area contributed by atoms with Gasteiger partial charge < -0.3 is 10.6 Å². The lowest BCUT2D eigenvalue weighted by atomic mass is 10.1. The maximum absolute atomic E-state index is 5.94. The van der Waals surface area contributed by atoms with Crippen LogP contribution >= 0.6 is 0 Å². The number of nitrogen functional groups attached to an aromatic ring is 1. The molecular weight excluding hydrogens is 258 g/mol. The fraction of sp³-hybridized carbons (Fsp3) is 0.167. The van der Waals surface area contributed by atoms with Gasteiger partial charge in [-0.3, -0.25) is 4.98 Å². The van der Waals surface area contributed by atoms with Gasteiger partial charge in [0.1, 0.15) is 0 Å². The lowest BCUT2D eigenvalue weighted by Crippen LogP contribution is -2.20. The Balaban J connectivity index is 1.73. The summed E-state index contributed by atoms with van der Waals surface area (Å²) >= 11 is 0. The zero-order valence-corrected chi connectivity index (χ0v) is 11.8. The molecule has 3 aromatic rings. The monoisotopic (exact) mass is 275 g/mol. The topological polar surface area (TPSA) is 42.1 Å². The summed E-state index contributed by atoms with van der Waals surface area (Å²) in [6.45, 7) is 1.95. The molecule has 21 heavy (non-hydrogen) atoms. The van der Waals surface area contributed by atoms with E-state index >= 15 is 0 Å². The molecule has 2 N–H and O–H groups in total. The van der Waals surface area contributed by atoms with Crippen molar-refractivity contribution in [3.8, 4) is 0 Å². The summed E-state index contributed by atoms with van der Waals surface area (Å²) in [5.41, 5.74) is 11.8. The van der Waals surface area contributed by atoms with Gasteiger partial charge in [-0.15, -0.1) is 0 Å². The molecule has 0 atom stereocenters. The van der Waals surface area contributed by atoms with E-state index in [1.807, 2.05) is 18.3 Å². The number of anilines is 2. The Morgan fingerprint density at radius 1 is 1.10 bits per heavy atom. The first-order valence-electron chi connectivity index (χ1n) is 7.27. The molecule has 3 heteroatoms. The van der Waals surface area contributed by atoms with Gasteiger partial charge in [-0.2, -0.15) is 0 Å². The van der Waals surface area contributed by atoms with Crippen molar-refractivity contribution in [1.29, 1.82) is 0 Å². The first kappa shape index (κ1) is 12.2. The van der Waals surface area contributed by atoms with Crippen LogP contribution in [0.15, 0.2) is 54.7 Å². The predicted molar refractivity (Wildman–Crippen MR) is 87.4 cm³/mol. The zero-order chi connectivity index (χ0) is 14.2. The molecule has 3 nitrogen and oxygen atoms in total. The molecule has 0 aliphatic carbocycles. The molecule has 0 bridgehead atoms. The van der Waals surface area contributed by atoms with Gasteiger partial charge in [0.15, 0.2) is 0 Å². The van der Waals surface area contributed by atoms with Gasteiger partial charge >= 0.3 is 0 Å². The van der Waals surface area contributed by atoms with Gasteiger partial charge in [0.25, 0.3) is 0 Å². The van der Waals surface area contributed by atoms with E-state index in [2.05, 4.69) is 46.3 Å². The molecule has 0 spiro atoms. The van der Waals surface area contributed by atoms with E-state index in [-0.39, 0.29) is 0 Å². The molecule has 0 fully saturated rings. The highest BCUT2D eigenvalue weighted by Crippen LogP contribution is 2.32. The molecule has 1 aliphatic rings. The van der Waals surface area contributed by atoms with E-state index in [9.17, 15) is 0 Å². The van der Waals surface area contributed by atoms with Gasteiger partial charge in [-0.05, 0) is 41.8 Å². The molecule has 0 unspecified atom stereocenters. The third-order valence-corrected chi connectivity index (χ3v) is 4.20. The SMILES string of the molecule is Nc1ccc2c(c1)N(Cc1ccnc3ccccc13)CC2. The number of rotatable bonds is 2. The normalized spacial score (nSPS) is 13.6. The van der Waals surface area contributed by atoms with E-state index in [1.54, 1.807) is 0 Å². The predicted octanol–water partition coefficient (Wildman–Crippen LogP) is 3.38. The van der Waals surface area contributed by atoms with Crippen molar-refractivity contribution in [3.05, 3.63) is 65.9 Å². The zero-order valence-electron chi connectivity index (χ0n) is 11.8. The maximum Gasteiger partial charge on any atom is 0.0705 e. The summed E-state index contributed by atoms with van der Waals surface area (Å²) in [5.74, 6) is 0. The lowest BCUT2D eigenvalue weighted by Gasteiger charge is -2.20. The fourth-order valence-corrected chi connectivity index (χ4v) is 3.13. The number of benzene rings is 2. The standard InChI is InChI=1S/C18H17N3/c19-15-6-5-13-8-10-21(18(13)11-15)12-14-7-9-20-17-4-2-1-3-16(14)17/h1-7,9,11H,8,10,12,19H2. The number of aromatic nitrogens is 1. The van der Waals surface area contributed by atoms with Crippen LogP contribution in [0, 0.1) is 0 Å². The summed E-state index contributed by atoms with van der Waals surface area (Å²) in [4.78, 5) is 6.85. The highest BCUT2D eigenvalue weighted by atomic mass is 15.1. The van der Waals surface area contributed by atoms with Crippen molar-refractivity contribution in [3.63, 3.8) is 0 Å². The van der Waals surface area contributed by atoms with Crippen LogP contribution in [-0.4, -0.2) is 11.5 Å². The second kappa shape index (κ2) is 4.77. The van der Waals surface area contributed by atoms with Crippen molar-refractivity contribution in [2.45, 2.75) is 13.0 Å². The maximum atomic E-state index is 5.94. The highest BCUT2D eigenvalue weighted by molar-refractivity contribution is 5.82. The highest BCUT2D eigenvalue weighted by Gasteiger charge is 2.19. The number of pyridine rings is 1. The first-order valence-corrected chi connectivity index (χ1v) is 7.27. The average molecular weight is 275 g/mol. The molecule has 0 saturated heterocycles. The number of hydrogen-bond acceptors (Lipinski definition) is 3. The number of para-hydroxylation sites is 1.